The van der Waals surface area contributed by atoms with Crippen LogP contribution in [0, 0.1) is 5.82 Å². The highest BCUT2D eigenvalue weighted by molar-refractivity contribution is 5.95. The van der Waals surface area contributed by atoms with Gasteiger partial charge in [0.2, 0.25) is 0 Å². The van der Waals surface area contributed by atoms with Crippen LogP contribution in [-0.2, 0) is 9.53 Å². The molecule has 2 aliphatic heterocycles. The minimum atomic E-state index is -0.762. The number of nitrogens with zero attached hydrogens (tertiary/aromatic N) is 3. The average molecular weight is 495 g/mol. The van der Waals surface area contributed by atoms with Crippen molar-refractivity contribution >= 4 is 17.9 Å². The van der Waals surface area contributed by atoms with Gasteiger partial charge in [-0.25, -0.2) is 14.0 Å². The SMILES string of the molecule is CCOC(=O)C1=C(CN2CCN(C(=O)c3ccccc3)[C@@H](C)C2)N(C)C(=O)N[C@H]1c1ccc(F)cc1. The fraction of sp³-hybridized carbons (Fsp3) is 0.370. The molecule has 0 spiro atoms. The summed E-state index contributed by atoms with van der Waals surface area (Å²) in [6, 6.07) is 13.7. The smallest absolute Gasteiger partial charge is 0.338 e. The first kappa shape index (κ1) is 25.4. The molecule has 0 bridgehead atoms. The largest absolute Gasteiger partial charge is 0.463 e. The van der Waals surface area contributed by atoms with Crippen molar-refractivity contribution in [2.45, 2.75) is 25.9 Å². The number of nitrogens with one attached hydrogen (secondary N) is 1. The van der Waals surface area contributed by atoms with Crippen molar-refractivity contribution in [2.75, 3.05) is 39.8 Å². The first-order valence-corrected chi connectivity index (χ1v) is 12.1. The summed E-state index contributed by atoms with van der Waals surface area (Å²) in [5.74, 6) is -0.948. The first-order valence-electron chi connectivity index (χ1n) is 12.1. The third-order valence-electron chi connectivity index (χ3n) is 6.64. The van der Waals surface area contributed by atoms with Gasteiger partial charge in [0.05, 0.1) is 18.2 Å². The van der Waals surface area contributed by atoms with Crippen LogP contribution in [0.4, 0.5) is 9.18 Å². The lowest BCUT2D eigenvalue weighted by Crippen LogP contribution is -2.56. The van der Waals surface area contributed by atoms with Gasteiger partial charge in [-0.1, -0.05) is 30.3 Å². The third-order valence-corrected chi connectivity index (χ3v) is 6.64. The maximum absolute atomic E-state index is 13.6. The number of benzene rings is 2. The second-order valence-corrected chi connectivity index (χ2v) is 9.02. The first-order chi connectivity index (χ1) is 17.3. The van der Waals surface area contributed by atoms with Crippen LogP contribution >= 0.6 is 0 Å². The number of likely N-dealkylation sites (N-methyl/N-ethyl adjacent to an activating group) is 1. The molecular formula is C27H31FN4O4. The maximum atomic E-state index is 13.6. The van der Waals surface area contributed by atoms with E-state index in [1.54, 1.807) is 26.1 Å². The molecular weight excluding hydrogens is 463 g/mol. The molecule has 2 aromatic rings. The Hall–Kier alpha value is -3.72. The molecule has 0 unspecified atom stereocenters. The zero-order valence-corrected chi connectivity index (χ0v) is 20.7. The second-order valence-electron chi connectivity index (χ2n) is 9.02. The molecule has 8 nitrogen and oxygen atoms in total. The number of rotatable bonds is 6. The van der Waals surface area contributed by atoms with Gasteiger partial charge in [0.1, 0.15) is 5.82 Å². The van der Waals surface area contributed by atoms with E-state index in [4.69, 9.17) is 4.74 Å². The number of esters is 1. The summed E-state index contributed by atoms with van der Waals surface area (Å²) in [7, 11) is 1.61. The summed E-state index contributed by atoms with van der Waals surface area (Å²) in [5, 5.41) is 2.84. The molecule has 9 heteroatoms. The molecule has 0 aromatic heterocycles. The van der Waals surface area contributed by atoms with E-state index < -0.39 is 17.8 Å². The summed E-state index contributed by atoms with van der Waals surface area (Å²) >= 11 is 0. The Bertz CT molecular complexity index is 1150. The fourth-order valence-electron chi connectivity index (χ4n) is 4.74. The van der Waals surface area contributed by atoms with Gasteiger partial charge in [0.15, 0.2) is 0 Å². The highest BCUT2D eigenvalue weighted by Crippen LogP contribution is 2.32. The number of halogens is 1. The second kappa shape index (κ2) is 10.9. The van der Waals surface area contributed by atoms with Gasteiger partial charge in [0.25, 0.3) is 5.91 Å². The van der Waals surface area contributed by atoms with Gasteiger partial charge in [0, 0.05) is 50.5 Å². The fourth-order valence-corrected chi connectivity index (χ4v) is 4.74. The Labute approximate surface area is 210 Å². The lowest BCUT2D eigenvalue weighted by atomic mass is 9.94. The topological polar surface area (TPSA) is 82.2 Å². The molecule has 2 atom stereocenters. The standard InChI is InChI=1S/C27H31FN4O4/c1-4-36-26(34)23-22(30(3)27(35)29-24(23)19-10-12-21(28)13-11-19)17-31-14-15-32(18(2)16-31)25(33)20-8-6-5-7-9-20/h5-13,18,24H,4,14-17H2,1-3H3,(H,29,35)/t18-,24-/m0/s1. The molecule has 1 saturated heterocycles. The minimum absolute atomic E-state index is 0.0142. The zero-order valence-electron chi connectivity index (χ0n) is 20.7. The Morgan fingerprint density at radius 1 is 1.08 bits per heavy atom. The van der Waals surface area contributed by atoms with Gasteiger partial charge >= 0.3 is 12.0 Å². The van der Waals surface area contributed by atoms with Crippen molar-refractivity contribution in [2.24, 2.45) is 0 Å². The lowest BCUT2D eigenvalue weighted by molar-refractivity contribution is -0.139. The number of ether oxygens (including phenoxy) is 1. The summed E-state index contributed by atoms with van der Waals surface area (Å²) in [5.41, 5.74) is 2.09. The summed E-state index contributed by atoms with van der Waals surface area (Å²) < 4.78 is 18.9. The molecule has 1 fully saturated rings. The molecule has 190 valence electrons. The number of amides is 3. The molecule has 1 N–H and O–H groups in total. The predicted molar refractivity (Wildman–Crippen MR) is 132 cm³/mol. The van der Waals surface area contributed by atoms with E-state index in [-0.39, 0.29) is 24.6 Å². The molecule has 36 heavy (non-hydrogen) atoms. The maximum Gasteiger partial charge on any atom is 0.338 e. The van der Waals surface area contributed by atoms with E-state index >= 15 is 0 Å². The van der Waals surface area contributed by atoms with E-state index in [2.05, 4.69) is 10.2 Å². The van der Waals surface area contributed by atoms with Crippen LogP contribution in [0.2, 0.25) is 0 Å². The monoisotopic (exact) mass is 494 g/mol. The Morgan fingerprint density at radius 2 is 1.78 bits per heavy atom. The van der Waals surface area contributed by atoms with Gasteiger partial charge < -0.3 is 15.0 Å². The van der Waals surface area contributed by atoms with Crippen molar-refractivity contribution in [3.8, 4) is 0 Å². The normalized spacial score (nSPS) is 20.8. The quantitative estimate of drug-likeness (QED) is 0.624. The Morgan fingerprint density at radius 3 is 2.42 bits per heavy atom. The van der Waals surface area contributed by atoms with Gasteiger partial charge in [-0.3, -0.25) is 14.6 Å². The molecule has 0 aliphatic carbocycles. The highest BCUT2D eigenvalue weighted by Gasteiger charge is 2.38. The number of urea groups is 1. The van der Waals surface area contributed by atoms with E-state index in [0.29, 0.717) is 48.6 Å². The molecule has 0 radical (unpaired) electrons. The van der Waals surface area contributed by atoms with E-state index in [1.165, 1.54) is 17.0 Å². The molecule has 3 amide bonds. The van der Waals surface area contributed by atoms with Crippen molar-refractivity contribution in [3.63, 3.8) is 0 Å². The van der Waals surface area contributed by atoms with E-state index in [1.807, 2.05) is 42.2 Å². The third kappa shape index (κ3) is 5.26. The van der Waals surface area contributed by atoms with Crippen molar-refractivity contribution in [1.82, 2.24) is 20.0 Å². The van der Waals surface area contributed by atoms with Crippen LogP contribution in [0.1, 0.15) is 35.8 Å². The highest BCUT2D eigenvalue weighted by atomic mass is 19.1. The van der Waals surface area contributed by atoms with E-state index in [9.17, 15) is 18.8 Å². The molecule has 2 aromatic carbocycles. The molecule has 2 aliphatic rings. The summed E-state index contributed by atoms with van der Waals surface area (Å²) in [6.07, 6.45) is 0. The van der Waals surface area contributed by atoms with Crippen LogP contribution in [0.3, 0.4) is 0 Å². The van der Waals surface area contributed by atoms with Crippen LogP contribution < -0.4 is 5.32 Å². The van der Waals surface area contributed by atoms with Gasteiger partial charge in [-0.15, -0.1) is 0 Å². The van der Waals surface area contributed by atoms with E-state index in [0.717, 1.165) is 0 Å². The predicted octanol–water partition coefficient (Wildman–Crippen LogP) is 3.19. The van der Waals surface area contributed by atoms with Crippen molar-refractivity contribution in [3.05, 3.63) is 82.8 Å². The van der Waals surface area contributed by atoms with Crippen LogP contribution in [0.15, 0.2) is 65.9 Å². The number of hydrogen-bond acceptors (Lipinski definition) is 5. The van der Waals surface area contributed by atoms with Crippen molar-refractivity contribution < 1.29 is 23.5 Å². The average Bonchev–Trinajstić information content (AvgIpc) is 2.87. The Balaban J connectivity index is 1.60. The van der Waals surface area contributed by atoms with Gasteiger partial charge in [-0.2, -0.15) is 0 Å². The lowest BCUT2D eigenvalue weighted by Gasteiger charge is -2.42. The summed E-state index contributed by atoms with van der Waals surface area (Å²) in [6.45, 7) is 5.91. The number of hydrogen-bond donors (Lipinski definition) is 1. The van der Waals surface area contributed by atoms with Crippen LogP contribution in [0.5, 0.6) is 0 Å². The molecule has 0 saturated carbocycles. The van der Waals surface area contributed by atoms with Gasteiger partial charge in [-0.05, 0) is 43.7 Å². The van der Waals surface area contributed by atoms with Crippen LogP contribution in [-0.4, -0.2) is 78.5 Å². The minimum Gasteiger partial charge on any atom is -0.463 e. The van der Waals surface area contributed by atoms with Crippen LogP contribution in [0.25, 0.3) is 0 Å². The zero-order chi connectivity index (χ0) is 25.8. The molecule has 4 rings (SSSR count). The number of carbonyl (C=O) groups excluding carboxylic acids is 3. The summed E-state index contributed by atoms with van der Waals surface area (Å²) in [4.78, 5) is 44.4. The number of piperazine rings is 1. The Kier molecular flexibility index (Phi) is 7.69. The number of carbonyl (C=O) groups is 3. The molecule has 2 heterocycles. The van der Waals surface area contributed by atoms with Crippen molar-refractivity contribution in [1.29, 1.82) is 0 Å².